The van der Waals surface area contributed by atoms with Gasteiger partial charge in [-0.05, 0) is 49.4 Å². The van der Waals surface area contributed by atoms with Crippen molar-refractivity contribution in [3.63, 3.8) is 0 Å². The Bertz CT molecular complexity index is 1630. The lowest BCUT2D eigenvalue weighted by Crippen LogP contribution is -2.48. The summed E-state index contributed by atoms with van der Waals surface area (Å²) in [6.45, 7) is 3.44. The van der Waals surface area contributed by atoms with E-state index in [-0.39, 0.29) is 54.3 Å². The molecule has 0 fully saturated rings. The minimum absolute atomic E-state index is 0.0245. The first-order valence-electron chi connectivity index (χ1n) is 14.0. The van der Waals surface area contributed by atoms with Crippen LogP contribution < -0.4 is 14.8 Å². The van der Waals surface area contributed by atoms with Crippen LogP contribution in [0.15, 0.2) is 60.0 Å². The van der Waals surface area contributed by atoms with Gasteiger partial charge in [0.1, 0.15) is 11.9 Å². The van der Waals surface area contributed by atoms with E-state index in [1.165, 1.54) is 52.1 Å². The summed E-state index contributed by atoms with van der Waals surface area (Å²) < 4.78 is 74.8. The third kappa shape index (κ3) is 8.25. The van der Waals surface area contributed by atoms with Gasteiger partial charge in [-0.1, -0.05) is 6.92 Å². The number of anilines is 2. The molecule has 1 aromatic heterocycles. The highest BCUT2D eigenvalue weighted by Crippen LogP contribution is 2.31. The molecule has 0 radical (unpaired) electrons. The number of halogens is 3. The predicted molar refractivity (Wildman–Crippen MR) is 159 cm³/mol. The highest BCUT2D eigenvalue weighted by atomic mass is 32.2. The molecule has 3 atom stereocenters. The van der Waals surface area contributed by atoms with Gasteiger partial charge in [0, 0.05) is 49.7 Å². The zero-order chi connectivity index (χ0) is 33.1. The summed E-state index contributed by atoms with van der Waals surface area (Å²) >= 11 is 0. The number of likely N-dealkylation sites (N-methyl/N-ethyl adjacent to an activating group) is 1. The number of nitrogens with zero attached hydrogens (tertiary/aromatic N) is 4. The highest BCUT2D eigenvalue weighted by Gasteiger charge is 2.33. The topological polar surface area (TPSA) is 146 Å². The summed E-state index contributed by atoms with van der Waals surface area (Å²) in [6.07, 6.45) is -2.64. The quantitative estimate of drug-likeness (QED) is 0.338. The molecule has 2 heterocycles. The van der Waals surface area contributed by atoms with E-state index in [9.17, 15) is 36.3 Å². The summed E-state index contributed by atoms with van der Waals surface area (Å²) in [7, 11) is -0.890. The van der Waals surface area contributed by atoms with E-state index in [1.54, 1.807) is 14.0 Å². The molecule has 12 nitrogen and oxygen atoms in total. The average molecular weight is 653 g/mol. The molecule has 0 spiro atoms. The van der Waals surface area contributed by atoms with Gasteiger partial charge in [0.05, 0.1) is 37.5 Å². The zero-order valence-corrected chi connectivity index (χ0v) is 25.9. The van der Waals surface area contributed by atoms with E-state index in [4.69, 9.17) is 4.74 Å². The molecule has 1 aliphatic rings. The summed E-state index contributed by atoms with van der Waals surface area (Å²) in [5.74, 6) is -0.361. The van der Waals surface area contributed by atoms with E-state index in [2.05, 4.69) is 15.0 Å². The van der Waals surface area contributed by atoms with Gasteiger partial charge in [-0.2, -0.15) is 21.6 Å². The third-order valence-corrected chi connectivity index (χ3v) is 8.66. The van der Waals surface area contributed by atoms with Gasteiger partial charge in [-0.25, -0.2) is 9.78 Å². The molecule has 0 unspecified atom stereocenters. The van der Waals surface area contributed by atoms with E-state index < -0.39 is 39.9 Å². The van der Waals surface area contributed by atoms with Crippen LogP contribution in [0.1, 0.15) is 25.0 Å². The Balaban J connectivity index is 1.58. The molecule has 1 aliphatic heterocycles. The number of ether oxygens (including phenoxy) is 1. The first kappa shape index (κ1) is 33.6. The molecule has 3 amide bonds. The van der Waals surface area contributed by atoms with Gasteiger partial charge in [-0.3, -0.25) is 9.52 Å². The Morgan fingerprint density at radius 2 is 1.87 bits per heavy atom. The number of carbonyl (C=O) groups excluding carboxylic acids is 2. The summed E-state index contributed by atoms with van der Waals surface area (Å²) in [6, 6.07) is 7.43. The van der Waals surface area contributed by atoms with Crippen molar-refractivity contribution in [2.75, 3.05) is 36.8 Å². The lowest BCUT2D eigenvalue weighted by atomic mass is 10.0. The number of amides is 3. The lowest BCUT2D eigenvalue weighted by molar-refractivity contribution is -0.137. The number of sulfonamides is 1. The van der Waals surface area contributed by atoms with Crippen molar-refractivity contribution in [3.05, 3.63) is 66.1 Å². The summed E-state index contributed by atoms with van der Waals surface area (Å²) in [5.41, 5.74) is -0.117. The molecule has 4 rings (SSSR count). The molecule has 244 valence electrons. The van der Waals surface area contributed by atoms with Crippen LogP contribution in [0.3, 0.4) is 0 Å². The van der Waals surface area contributed by atoms with E-state index in [0.717, 1.165) is 24.3 Å². The number of imidazole rings is 1. The number of aromatic nitrogens is 2. The molecular weight excluding hydrogens is 617 g/mol. The minimum atomic E-state index is -4.51. The van der Waals surface area contributed by atoms with Crippen molar-refractivity contribution in [3.8, 4) is 5.75 Å². The maximum atomic E-state index is 13.4. The third-order valence-electron chi connectivity index (χ3n) is 7.39. The number of urea groups is 1. The molecule has 3 N–H and O–H groups in total. The number of hydrogen-bond acceptors (Lipinski definition) is 7. The number of rotatable bonds is 8. The van der Waals surface area contributed by atoms with E-state index in [1.807, 2.05) is 6.92 Å². The number of fused-ring (bicyclic) bond motifs is 1. The van der Waals surface area contributed by atoms with Crippen LogP contribution in [-0.4, -0.2) is 83.7 Å². The smallest absolute Gasteiger partial charge is 0.416 e. The molecule has 0 aliphatic carbocycles. The molecule has 2 aromatic carbocycles. The first-order valence-corrected chi connectivity index (χ1v) is 15.5. The number of alkyl halides is 3. The summed E-state index contributed by atoms with van der Waals surface area (Å²) in [5, 5.41) is 12.2. The van der Waals surface area contributed by atoms with Crippen LogP contribution >= 0.6 is 0 Å². The number of carbonyl (C=O) groups is 2. The number of aliphatic hydroxyl groups excluding tert-OH is 1. The number of aryl methyl sites for hydroxylation is 1. The molecule has 16 heteroatoms. The van der Waals surface area contributed by atoms with Crippen molar-refractivity contribution >= 4 is 33.3 Å². The second-order valence-corrected chi connectivity index (χ2v) is 12.7. The molecular formula is C29H35F3N6O6S. The second kappa shape index (κ2) is 13.4. The van der Waals surface area contributed by atoms with Gasteiger partial charge in [0.25, 0.3) is 10.0 Å². The molecule has 0 saturated carbocycles. The fourth-order valence-corrected chi connectivity index (χ4v) is 5.79. The fraction of sp³-hybridized carbons (Fsp3) is 0.414. The normalized spacial score (nSPS) is 18.1. The molecule has 3 aromatic rings. The minimum Gasteiger partial charge on any atom is -0.488 e. The van der Waals surface area contributed by atoms with Crippen LogP contribution in [0.2, 0.25) is 0 Å². The highest BCUT2D eigenvalue weighted by molar-refractivity contribution is 7.92. The van der Waals surface area contributed by atoms with Crippen molar-refractivity contribution in [1.29, 1.82) is 0 Å². The Morgan fingerprint density at radius 3 is 2.47 bits per heavy atom. The van der Waals surface area contributed by atoms with E-state index in [0.29, 0.717) is 11.3 Å². The Labute approximate surface area is 258 Å². The van der Waals surface area contributed by atoms with E-state index >= 15 is 0 Å². The largest absolute Gasteiger partial charge is 0.488 e. The second-order valence-electron chi connectivity index (χ2n) is 11.1. The van der Waals surface area contributed by atoms with Crippen LogP contribution in [0.4, 0.5) is 29.3 Å². The monoisotopic (exact) mass is 652 g/mol. The van der Waals surface area contributed by atoms with Crippen LogP contribution in [0, 0.1) is 5.92 Å². The van der Waals surface area contributed by atoms with Crippen LogP contribution in [0.5, 0.6) is 5.75 Å². The maximum Gasteiger partial charge on any atom is 0.416 e. The number of aliphatic hydroxyl groups is 1. The van der Waals surface area contributed by atoms with Gasteiger partial charge in [-0.15, -0.1) is 0 Å². The Hall–Kier alpha value is -4.31. The van der Waals surface area contributed by atoms with Crippen molar-refractivity contribution < 1.29 is 41.0 Å². The number of hydrogen-bond donors (Lipinski definition) is 3. The van der Waals surface area contributed by atoms with Crippen molar-refractivity contribution in [1.82, 2.24) is 19.4 Å². The van der Waals surface area contributed by atoms with Crippen LogP contribution in [-0.2, 0) is 34.5 Å². The lowest BCUT2D eigenvalue weighted by Gasteiger charge is -2.34. The van der Waals surface area contributed by atoms with Gasteiger partial charge >= 0.3 is 12.2 Å². The molecule has 0 saturated heterocycles. The first-order chi connectivity index (χ1) is 21.1. The zero-order valence-electron chi connectivity index (χ0n) is 25.1. The maximum absolute atomic E-state index is 13.4. The van der Waals surface area contributed by atoms with Crippen molar-refractivity contribution in [2.45, 2.75) is 43.6 Å². The van der Waals surface area contributed by atoms with Gasteiger partial charge in [0.2, 0.25) is 5.91 Å². The SMILES string of the molecule is C[C@H](CO)N1C[C@H](C)[C@H](CN(C)C(=O)Nc2ccc(C(F)(F)F)cc2)Oc2ccc(NS(=O)(=O)c3cn(C)cn3)cc2CC1=O. The number of nitrogens with one attached hydrogen (secondary N) is 2. The summed E-state index contributed by atoms with van der Waals surface area (Å²) in [4.78, 5) is 33.1. The average Bonchev–Trinajstić information content (AvgIpc) is 3.43. The standard InChI is InChI=1S/C29H35F3N6O6S/c1-18-13-38(19(2)16-39)27(40)12-20-11-23(35-45(42,43)26-15-36(3)17-33-26)9-10-24(20)44-25(18)14-37(4)28(41)34-22-7-5-21(6-8-22)29(30,31)32/h5-11,15,17-19,25,35,39H,12-14,16H2,1-4H3,(H,34,41)/t18-,19+,25-/m0/s1. The fourth-order valence-electron chi connectivity index (χ4n) is 4.76. The Kier molecular flexibility index (Phi) is 9.97. The van der Waals surface area contributed by atoms with Gasteiger partial charge in [0.15, 0.2) is 5.03 Å². The molecule has 45 heavy (non-hydrogen) atoms. The number of benzene rings is 2. The van der Waals surface area contributed by atoms with Crippen molar-refractivity contribution in [2.24, 2.45) is 13.0 Å². The molecule has 0 bridgehead atoms. The van der Waals surface area contributed by atoms with Gasteiger partial charge < -0.3 is 29.5 Å². The Morgan fingerprint density at radius 1 is 1.20 bits per heavy atom. The van der Waals surface area contributed by atoms with Crippen LogP contribution in [0.25, 0.3) is 0 Å². The predicted octanol–water partition coefficient (Wildman–Crippen LogP) is 3.55.